The predicted molar refractivity (Wildman–Crippen MR) is 135 cm³/mol. The van der Waals surface area contributed by atoms with Crippen LogP contribution < -0.4 is 19.5 Å². The summed E-state index contributed by atoms with van der Waals surface area (Å²) in [4.78, 5) is 12.6. The standard InChI is InChI=1S/C26H26BrN3O5/c1-3-32-23-11-9-18(13-25(23)33-4-2)15-30-16-19(14-28-30)29-26(31)24-12-10-20(35-24)17-34-22-8-6-5-7-21(22)27/h5-14,16H,3-4,15,17H2,1-2H3,(H,29,31). The van der Waals surface area contributed by atoms with Crippen molar-refractivity contribution in [2.45, 2.75) is 27.0 Å². The number of hydrogen-bond donors (Lipinski definition) is 1. The number of hydrogen-bond acceptors (Lipinski definition) is 6. The molecule has 0 atom stereocenters. The van der Waals surface area contributed by atoms with Gasteiger partial charge in [-0.1, -0.05) is 18.2 Å². The molecule has 2 aromatic carbocycles. The summed E-state index contributed by atoms with van der Waals surface area (Å²) < 4.78 is 25.3. The van der Waals surface area contributed by atoms with Crippen LogP contribution in [0.15, 0.2) is 75.9 Å². The molecule has 0 aliphatic carbocycles. The number of carbonyl (C=O) groups excluding carboxylic acids is 1. The fraction of sp³-hybridized carbons (Fsp3) is 0.231. The Morgan fingerprint density at radius 3 is 2.60 bits per heavy atom. The Labute approximate surface area is 211 Å². The van der Waals surface area contributed by atoms with Crippen LogP contribution >= 0.6 is 15.9 Å². The Morgan fingerprint density at radius 1 is 1.00 bits per heavy atom. The summed E-state index contributed by atoms with van der Waals surface area (Å²) in [6.07, 6.45) is 3.35. The van der Waals surface area contributed by atoms with Crippen molar-refractivity contribution in [1.29, 1.82) is 0 Å². The Hall–Kier alpha value is -3.72. The highest BCUT2D eigenvalue weighted by atomic mass is 79.9. The van der Waals surface area contributed by atoms with E-state index in [0.29, 0.717) is 48.5 Å². The molecule has 4 rings (SSSR count). The molecule has 1 amide bonds. The summed E-state index contributed by atoms with van der Waals surface area (Å²) in [6, 6.07) is 16.7. The SMILES string of the molecule is CCOc1ccc(Cn2cc(NC(=O)c3ccc(COc4ccccc4Br)o3)cn2)cc1OCC. The zero-order chi connectivity index (χ0) is 24.6. The van der Waals surface area contributed by atoms with Crippen LogP contribution in [-0.4, -0.2) is 28.9 Å². The van der Waals surface area contributed by atoms with E-state index in [2.05, 4.69) is 26.3 Å². The molecule has 35 heavy (non-hydrogen) atoms. The van der Waals surface area contributed by atoms with Crippen molar-refractivity contribution in [2.24, 2.45) is 0 Å². The lowest BCUT2D eigenvalue weighted by atomic mass is 10.2. The number of aromatic nitrogens is 2. The number of amides is 1. The van der Waals surface area contributed by atoms with E-state index in [1.807, 2.05) is 56.3 Å². The minimum atomic E-state index is -0.364. The summed E-state index contributed by atoms with van der Waals surface area (Å²) in [5, 5.41) is 7.15. The first kappa shape index (κ1) is 24.4. The van der Waals surface area contributed by atoms with Crippen LogP contribution in [0.3, 0.4) is 0 Å². The number of halogens is 1. The highest BCUT2D eigenvalue weighted by molar-refractivity contribution is 9.10. The number of ether oxygens (including phenoxy) is 3. The zero-order valence-corrected chi connectivity index (χ0v) is 21.1. The number of furan rings is 1. The molecule has 0 fully saturated rings. The first-order valence-electron chi connectivity index (χ1n) is 11.2. The Bertz CT molecular complexity index is 1280. The average Bonchev–Trinajstić information content (AvgIpc) is 3.50. The van der Waals surface area contributed by atoms with Gasteiger partial charge in [-0.05, 0) is 71.7 Å². The van der Waals surface area contributed by atoms with Crippen LogP contribution in [0, 0.1) is 0 Å². The van der Waals surface area contributed by atoms with Gasteiger partial charge in [-0.2, -0.15) is 5.10 Å². The molecule has 0 saturated carbocycles. The van der Waals surface area contributed by atoms with E-state index in [9.17, 15) is 4.79 Å². The number of nitrogens with one attached hydrogen (secondary N) is 1. The van der Waals surface area contributed by atoms with Crippen molar-refractivity contribution in [1.82, 2.24) is 9.78 Å². The molecule has 0 radical (unpaired) electrons. The normalized spacial score (nSPS) is 10.7. The maximum absolute atomic E-state index is 12.6. The molecule has 2 heterocycles. The molecule has 4 aromatic rings. The molecular weight excluding hydrogens is 514 g/mol. The van der Waals surface area contributed by atoms with E-state index in [-0.39, 0.29) is 18.3 Å². The Morgan fingerprint density at radius 2 is 1.80 bits per heavy atom. The molecule has 8 nitrogen and oxygen atoms in total. The largest absolute Gasteiger partial charge is 0.490 e. The highest BCUT2D eigenvalue weighted by Gasteiger charge is 2.14. The molecule has 1 N–H and O–H groups in total. The second-order valence-electron chi connectivity index (χ2n) is 7.51. The maximum atomic E-state index is 12.6. The predicted octanol–water partition coefficient (Wildman–Crippen LogP) is 5.92. The third-order valence-corrected chi connectivity index (χ3v) is 5.59. The van der Waals surface area contributed by atoms with E-state index in [1.54, 1.807) is 29.2 Å². The third kappa shape index (κ3) is 6.45. The van der Waals surface area contributed by atoms with Crippen molar-refractivity contribution in [3.8, 4) is 17.2 Å². The van der Waals surface area contributed by atoms with Crippen molar-refractivity contribution >= 4 is 27.5 Å². The lowest BCUT2D eigenvalue weighted by Crippen LogP contribution is -2.10. The fourth-order valence-corrected chi connectivity index (χ4v) is 3.78. The Balaban J connectivity index is 1.35. The number of carbonyl (C=O) groups is 1. The topological polar surface area (TPSA) is 87.8 Å². The van der Waals surface area contributed by atoms with Crippen LogP contribution in [0.4, 0.5) is 5.69 Å². The van der Waals surface area contributed by atoms with Gasteiger partial charge in [0.25, 0.3) is 5.91 Å². The van der Waals surface area contributed by atoms with Crippen LogP contribution in [0.25, 0.3) is 0 Å². The average molecular weight is 540 g/mol. The molecule has 182 valence electrons. The number of nitrogens with zero attached hydrogens (tertiary/aromatic N) is 2. The minimum absolute atomic E-state index is 0.191. The summed E-state index contributed by atoms with van der Waals surface area (Å²) in [6.45, 7) is 5.70. The van der Waals surface area contributed by atoms with E-state index in [0.717, 1.165) is 10.0 Å². The molecule has 0 aliphatic rings. The molecule has 2 aromatic heterocycles. The minimum Gasteiger partial charge on any atom is -0.490 e. The summed E-state index contributed by atoms with van der Waals surface area (Å²) in [5.41, 5.74) is 1.56. The van der Waals surface area contributed by atoms with Crippen molar-refractivity contribution in [3.63, 3.8) is 0 Å². The van der Waals surface area contributed by atoms with Crippen molar-refractivity contribution < 1.29 is 23.4 Å². The number of para-hydroxylation sites is 1. The lowest BCUT2D eigenvalue weighted by molar-refractivity contribution is 0.0992. The number of anilines is 1. The summed E-state index contributed by atoms with van der Waals surface area (Å²) in [5.74, 6) is 2.48. The second-order valence-corrected chi connectivity index (χ2v) is 8.37. The van der Waals surface area contributed by atoms with E-state index in [4.69, 9.17) is 18.6 Å². The van der Waals surface area contributed by atoms with E-state index < -0.39 is 0 Å². The molecule has 9 heteroatoms. The van der Waals surface area contributed by atoms with E-state index >= 15 is 0 Å². The van der Waals surface area contributed by atoms with Gasteiger partial charge in [0.05, 0.1) is 36.1 Å². The lowest BCUT2D eigenvalue weighted by Gasteiger charge is -2.12. The van der Waals surface area contributed by atoms with Gasteiger partial charge in [0, 0.05) is 6.20 Å². The van der Waals surface area contributed by atoms with Crippen LogP contribution in [0.5, 0.6) is 17.2 Å². The zero-order valence-electron chi connectivity index (χ0n) is 19.5. The number of rotatable bonds is 11. The molecule has 0 unspecified atom stereocenters. The number of benzene rings is 2. The van der Waals surface area contributed by atoms with Crippen molar-refractivity contribution in [2.75, 3.05) is 18.5 Å². The first-order valence-corrected chi connectivity index (χ1v) is 12.0. The van der Waals surface area contributed by atoms with Gasteiger partial charge in [-0.3, -0.25) is 9.48 Å². The van der Waals surface area contributed by atoms with Crippen LogP contribution in [0.1, 0.15) is 35.7 Å². The van der Waals surface area contributed by atoms with Crippen LogP contribution in [-0.2, 0) is 13.2 Å². The smallest absolute Gasteiger partial charge is 0.291 e. The molecule has 0 spiro atoms. The van der Waals surface area contributed by atoms with Gasteiger partial charge < -0.3 is 23.9 Å². The van der Waals surface area contributed by atoms with Gasteiger partial charge >= 0.3 is 0 Å². The third-order valence-electron chi connectivity index (χ3n) is 4.94. The van der Waals surface area contributed by atoms with Crippen molar-refractivity contribution in [3.05, 3.63) is 88.5 Å². The van der Waals surface area contributed by atoms with Gasteiger partial charge in [0.15, 0.2) is 17.3 Å². The summed E-state index contributed by atoms with van der Waals surface area (Å²) in [7, 11) is 0. The van der Waals surface area contributed by atoms with Gasteiger partial charge in [-0.25, -0.2) is 0 Å². The van der Waals surface area contributed by atoms with Gasteiger partial charge in [-0.15, -0.1) is 0 Å². The first-order chi connectivity index (χ1) is 17.1. The quantitative estimate of drug-likeness (QED) is 0.254. The maximum Gasteiger partial charge on any atom is 0.291 e. The highest BCUT2D eigenvalue weighted by Crippen LogP contribution is 2.29. The van der Waals surface area contributed by atoms with Crippen LogP contribution in [0.2, 0.25) is 0 Å². The molecule has 0 saturated heterocycles. The van der Waals surface area contributed by atoms with Gasteiger partial charge in [0.1, 0.15) is 18.1 Å². The van der Waals surface area contributed by atoms with E-state index in [1.165, 1.54) is 0 Å². The summed E-state index contributed by atoms with van der Waals surface area (Å²) >= 11 is 3.44. The fourth-order valence-electron chi connectivity index (χ4n) is 3.38. The molecule has 0 bridgehead atoms. The molecule has 0 aliphatic heterocycles. The molecular formula is C26H26BrN3O5. The monoisotopic (exact) mass is 539 g/mol. The van der Waals surface area contributed by atoms with Gasteiger partial charge in [0.2, 0.25) is 0 Å². The second kappa shape index (κ2) is 11.6. The Kier molecular flexibility index (Phi) is 8.10.